The largest absolute Gasteiger partial charge is 0.508 e. The van der Waals surface area contributed by atoms with Crippen LogP contribution in [0.2, 0.25) is 0 Å². The number of nitrogens with two attached hydrogens (primary N) is 2. The Morgan fingerprint density at radius 2 is 0.879 bits per heavy atom. The summed E-state index contributed by atoms with van der Waals surface area (Å²) in [6.07, 6.45) is 0. The number of hydrogen-bond donors (Lipinski definition) is 3. The first kappa shape index (κ1) is 23.2. The summed E-state index contributed by atoms with van der Waals surface area (Å²) in [7, 11) is 0. The lowest BCUT2D eigenvalue weighted by Crippen LogP contribution is -1.88. The van der Waals surface area contributed by atoms with Crippen LogP contribution in [0.15, 0.2) is 140 Å². The van der Waals surface area contributed by atoms with Crippen LogP contribution in [0.5, 0.6) is 5.75 Å². The van der Waals surface area contributed by atoms with Crippen LogP contribution in [-0.2, 0) is 0 Å². The molecule has 5 aromatic rings. The van der Waals surface area contributed by atoms with Gasteiger partial charge in [0.25, 0.3) is 0 Å². The van der Waals surface area contributed by atoms with E-state index >= 15 is 0 Å². The molecule has 0 aliphatic carbocycles. The quantitative estimate of drug-likeness (QED) is 0.257. The average molecular weight is 433 g/mol. The van der Waals surface area contributed by atoms with E-state index in [1.165, 1.54) is 22.8 Å². The Morgan fingerprint density at radius 3 is 1.30 bits per heavy atom. The summed E-state index contributed by atoms with van der Waals surface area (Å²) >= 11 is 0. The molecule has 164 valence electrons. The Balaban J connectivity index is 0.000000143. The molecule has 0 aliphatic heterocycles. The molecule has 0 amide bonds. The molecule has 5 N–H and O–H groups in total. The molecule has 0 atom stereocenters. The van der Waals surface area contributed by atoms with E-state index in [4.69, 9.17) is 16.6 Å². The Kier molecular flexibility index (Phi) is 8.69. The molecule has 3 heteroatoms. The van der Waals surface area contributed by atoms with Crippen LogP contribution in [0.4, 0.5) is 11.4 Å². The second kappa shape index (κ2) is 12.4. The van der Waals surface area contributed by atoms with Gasteiger partial charge in [-0.2, -0.15) is 0 Å². The van der Waals surface area contributed by atoms with E-state index in [-0.39, 0.29) is 5.75 Å². The predicted octanol–water partition coefficient (Wildman–Crippen LogP) is 7.26. The fourth-order valence-corrected chi connectivity index (χ4v) is 3.16. The van der Waals surface area contributed by atoms with Crippen molar-refractivity contribution < 1.29 is 5.11 Å². The molecule has 0 bridgehead atoms. The third kappa shape index (κ3) is 7.60. The maximum absolute atomic E-state index is 8.73. The molecule has 3 nitrogen and oxygen atoms in total. The first-order valence-electron chi connectivity index (χ1n) is 10.7. The normalized spacial score (nSPS) is 9.58. The lowest BCUT2D eigenvalue weighted by molar-refractivity contribution is 0.475. The summed E-state index contributed by atoms with van der Waals surface area (Å²) in [6, 6.07) is 45.3. The van der Waals surface area contributed by atoms with Crippen LogP contribution >= 0.6 is 0 Å². The Morgan fingerprint density at radius 1 is 0.424 bits per heavy atom. The Labute approximate surface area is 195 Å². The van der Waals surface area contributed by atoms with E-state index in [0.29, 0.717) is 5.69 Å². The summed E-state index contributed by atoms with van der Waals surface area (Å²) in [4.78, 5) is 0. The maximum Gasteiger partial charge on any atom is 0.117 e. The van der Waals surface area contributed by atoms with Gasteiger partial charge in [0.15, 0.2) is 0 Å². The topological polar surface area (TPSA) is 72.3 Å². The molecule has 5 aromatic carbocycles. The zero-order chi connectivity index (χ0) is 23.3. The van der Waals surface area contributed by atoms with Gasteiger partial charge in [-0.25, -0.2) is 0 Å². The number of phenolic OH excluding ortho intramolecular Hbond substituents is 1. The van der Waals surface area contributed by atoms with E-state index in [1.807, 2.05) is 54.6 Å². The average Bonchev–Trinajstić information content (AvgIpc) is 2.87. The molecule has 0 heterocycles. The highest BCUT2D eigenvalue weighted by atomic mass is 16.3. The van der Waals surface area contributed by atoms with Gasteiger partial charge >= 0.3 is 0 Å². The van der Waals surface area contributed by atoms with Gasteiger partial charge in [-0.3, -0.25) is 0 Å². The zero-order valence-electron chi connectivity index (χ0n) is 18.4. The molecule has 0 aromatic heterocycles. The molecule has 0 aliphatic rings. The molecule has 0 saturated carbocycles. The molecular formula is C30H28N2O. The number of hydrogen-bond acceptors (Lipinski definition) is 3. The second-order valence-electron chi connectivity index (χ2n) is 7.28. The van der Waals surface area contributed by atoms with Gasteiger partial charge in [-0.05, 0) is 34.9 Å². The minimum Gasteiger partial charge on any atom is -0.508 e. The minimum atomic E-state index is 0.213. The minimum absolute atomic E-state index is 0.213. The van der Waals surface area contributed by atoms with E-state index in [9.17, 15) is 0 Å². The van der Waals surface area contributed by atoms with E-state index < -0.39 is 0 Å². The van der Waals surface area contributed by atoms with Crippen molar-refractivity contribution in [3.8, 4) is 28.0 Å². The monoisotopic (exact) mass is 432 g/mol. The SMILES string of the molecule is Nc1cccc(O)c1.Nc1ccccc1-c1ccccc1.c1ccc(-c2ccccc2)cc1. The number of rotatable bonds is 2. The van der Waals surface area contributed by atoms with Crippen LogP contribution in [-0.4, -0.2) is 5.11 Å². The molecule has 0 fully saturated rings. The van der Waals surface area contributed by atoms with Gasteiger partial charge in [0.1, 0.15) is 5.75 Å². The van der Waals surface area contributed by atoms with Crippen molar-refractivity contribution >= 4 is 11.4 Å². The number of phenols is 1. The predicted molar refractivity (Wildman–Crippen MR) is 141 cm³/mol. The van der Waals surface area contributed by atoms with Gasteiger partial charge in [-0.15, -0.1) is 0 Å². The highest BCUT2D eigenvalue weighted by Gasteiger charge is 1.98. The van der Waals surface area contributed by atoms with Crippen LogP contribution in [0.25, 0.3) is 22.3 Å². The molecule has 33 heavy (non-hydrogen) atoms. The number of aromatic hydroxyl groups is 1. The number of nitrogen functional groups attached to an aromatic ring is 2. The fourth-order valence-electron chi connectivity index (χ4n) is 3.16. The third-order valence-corrected chi connectivity index (χ3v) is 4.80. The van der Waals surface area contributed by atoms with Crippen LogP contribution in [0, 0.1) is 0 Å². The van der Waals surface area contributed by atoms with Crippen molar-refractivity contribution in [2.45, 2.75) is 0 Å². The van der Waals surface area contributed by atoms with Crippen molar-refractivity contribution in [3.05, 3.63) is 140 Å². The number of anilines is 2. The van der Waals surface area contributed by atoms with Crippen molar-refractivity contribution in [2.24, 2.45) is 0 Å². The summed E-state index contributed by atoms with van der Waals surface area (Å²) < 4.78 is 0. The zero-order valence-corrected chi connectivity index (χ0v) is 18.4. The molecule has 0 saturated heterocycles. The lowest BCUT2D eigenvalue weighted by atomic mass is 10.0. The van der Waals surface area contributed by atoms with Crippen molar-refractivity contribution in [1.29, 1.82) is 0 Å². The van der Waals surface area contributed by atoms with E-state index in [1.54, 1.807) is 18.2 Å². The van der Waals surface area contributed by atoms with Gasteiger partial charge in [-0.1, -0.05) is 115 Å². The van der Waals surface area contributed by atoms with Crippen LogP contribution in [0.1, 0.15) is 0 Å². The van der Waals surface area contributed by atoms with Crippen molar-refractivity contribution in [2.75, 3.05) is 11.5 Å². The smallest absolute Gasteiger partial charge is 0.117 e. The van der Waals surface area contributed by atoms with Crippen LogP contribution < -0.4 is 11.5 Å². The second-order valence-corrected chi connectivity index (χ2v) is 7.28. The molecule has 0 radical (unpaired) electrons. The van der Waals surface area contributed by atoms with Gasteiger partial charge in [0.2, 0.25) is 0 Å². The third-order valence-electron chi connectivity index (χ3n) is 4.80. The first-order chi connectivity index (χ1) is 16.1. The van der Waals surface area contributed by atoms with Gasteiger partial charge in [0.05, 0.1) is 0 Å². The lowest BCUT2D eigenvalue weighted by Gasteiger charge is -2.03. The van der Waals surface area contributed by atoms with Gasteiger partial charge < -0.3 is 16.6 Å². The first-order valence-corrected chi connectivity index (χ1v) is 10.7. The summed E-state index contributed by atoms with van der Waals surface area (Å²) in [5.41, 5.74) is 17.4. The standard InChI is InChI=1S/C12H11N.C12H10.C6H7NO/c13-12-9-5-4-8-11(12)10-6-2-1-3-7-10;1-3-7-11(8-4-1)12-9-5-2-6-10-12;7-5-2-1-3-6(8)4-5/h1-9H,13H2;1-10H;1-4,8H,7H2. The molecule has 5 rings (SSSR count). The highest BCUT2D eigenvalue weighted by Crippen LogP contribution is 2.24. The van der Waals surface area contributed by atoms with E-state index in [0.717, 1.165) is 11.3 Å². The van der Waals surface area contributed by atoms with Crippen molar-refractivity contribution in [1.82, 2.24) is 0 Å². The van der Waals surface area contributed by atoms with Crippen molar-refractivity contribution in [3.63, 3.8) is 0 Å². The Bertz CT molecular complexity index is 1170. The highest BCUT2D eigenvalue weighted by molar-refractivity contribution is 5.75. The fraction of sp³-hybridized carbons (Fsp3) is 0. The van der Waals surface area contributed by atoms with Crippen LogP contribution in [0.3, 0.4) is 0 Å². The molecular weight excluding hydrogens is 404 g/mol. The number of para-hydroxylation sites is 1. The van der Waals surface area contributed by atoms with E-state index in [2.05, 4.69) is 60.7 Å². The molecule has 0 unspecified atom stereocenters. The maximum atomic E-state index is 8.73. The molecule has 0 spiro atoms. The number of benzene rings is 5. The Hall–Kier alpha value is -4.50. The summed E-state index contributed by atoms with van der Waals surface area (Å²) in [6.45, 7) is 0. The van der Waals surface area contributed by atoms with Gasteiger partial charge in [0, 0.05) is 23.0 Å². The summed E-state index contributed by atoms with van der Waals surface area (Å²) in [5.74, 6) is 0.213. The summed E-state index contributed by atoms with van der Waals surface area (Å²) in [5, 5.41) is 8.73.